The number of nitrogens with zero attached hydrogens (tertiary/aromatic N) is 1. The van der Waals surface area contributed by atoms with E-state index in [1.807, 2.05) is 0 Å². The van der Waals surface area contributed by atoms with E-state index in [4.69, 9.17) is 27.9 Å². The third kappa shape index (κ3) is 4.29. The van der Waals surface area contributed by atoms with Gasteiger partial charge >= 0.3 is 5.97 Å². The molecule has 0 fully saturated rings. The summed E-state index contributed by atoms with van der Waals surface area (Å²) in [5.74, 6) is -0.0866. The number of esters is 1. The lowest BCUT2D eigenvalue weighted by Gasteiger charge is -2.20. The minimum Gasteiger partial charge on any atom is -0.496 e. The normalized spacial score (nSPS) is 11.5. The molecule has 0 spiro atoms. The zero-order chi connectivity index (χ0) is 19.5. The highest BCUT2D eigenvalue weighted by Gasteiger charge is 2.25. The Morgan fingerprint density at radius 2 is 1.81 bits per heavy atom. The molecule has 6 nitrogen and oxygen atoms in total. The fraction of sp³-hybridized carbons (Fsp3) is 0.235. The highest BCUT2D eigenvalue weighted by molar-refractivity contribution is 7.89. The lowest BCUT2D eigenvalue weighted by molar-refractivity contribution is 0.0600. The fourth-order valence-electron chi connectivity index (χ4n) is 2.32. The second kappa shape index (κ2) is 8.26. The molecule has 9 heteroatoms. The predicted octanol–water partition coefficient (Wildman–Crippen LogP) is 3.61. The molecule has 2 rings (SSSR count). The molecule has 0 atom stereocenters. The summed E-state index contributed by atoms with van der Waals surface area (Å²) >= 11 is 12.1. The van der Waals surface area contributed by atoms with E-state index in [0.717, 1.165) is 4.31 Å². The van der Waals surface area contributed by atoms with Crippen molar-refractivity contribution in [2.24, 2.45) is 0 Å². The lowest BCUT2D eigenvalue weighted by atomic mass is 10.2. The predicted molar refractivity (Wildman–Crippen MR) is 99.4 cm³/mol. The molecule has 0 amide bonds. The number of benzene rings is 2. The van der Waals surface area contributed by atoms with Gasteiger partial charge in [0, 0.05) is 24.2 Å². The van der Waals surface area contributed by atoms with Gasteiger partial charge in [-0.1, -0.05) is 23.2 Å². The number of carbonyl (C=O) groups excluding carboxylic acids is 1. The average molecular weight is 418 g/mol. The van der Waals surface area contributed by atoms with E-state index >= 15 is 0 Å². The molecular weight excluding hydrogens is 401 g/mol. The third-order valence-electron chi connectivity index (χ3n) is 3.68. The minimum atomic E-state index is -3.90. The monoisotopic (exact) mass is 417 g/mol. The standard InChI is InChI=1S/C17H17Cl2NO5S/c1-20(10-12-8-13(18)5-6-15(12)24-2)26(22,23)16-7-4-11(9-14(16)19)17(21)25-3/h4-9H,10H2,1-3H3. The maximum atomic E-state index is 12.8. The molecule has 0 saturated carbocycles. The van der Waals surface area contributed by atoms with Crippen LogP contribution in [0.4, 0.5) is 0 Å². The van der Waals surface area contributed by atoms with Gasteiger partial charge < -0.3 is 9.47 Å². The second-order valence-corrected chi connectivity index (χ2v) is 8.21. The van der Waals surface area contributed by atoms with E-state index < -0.39 is 16.0 Å². The van der Waals surface area contributed by atoms with Gasteiger partial charge in [-0.2, -0.15) is 4.31 Å². The van der Waals surface area contributed by atoms with Crippen LogP contribution in [0.25, 0.3) is 0 Å². The van der Waals surface area contributed by atoms with E-state index in [0.29, 0.717) is 16.3 Å². The van der Waals surface area contributed by atoms with Crippen LogP contribution in [-0.4, -0.2) is 40.0 Å². The van der Waals surface area contributed by atoms with Crippen molar-refractivity contribution < 1.29 is 22.7 Å². The highest BCUT2D eigenvalue weighted by atomic mass is 35.5. The number of sulfonamides is 1. The summed E-state index contributed by atoms with van der Waals surface area (Å²) in [6.45, 7) is 0.0289. The van der Waals surface area contributed by atoms with Gasteiger partial charge in [0.25, 0.3) is 0 Å². The van der Waals surface area contributed by atoms with Gasteiger partial charge in [0.1, 0.15) is 10.6 Å². The third-order valence-corrected chi connectivity index (χ3v) is 6.20. The molecule has 0 aliphatic rings. The van der Waals surface area contributed by atoms with Crippen LogP contribution < -0.4 is 4.74 Å². The second-order valence-electron chi connectivity index (χ2n) is 5.35. The maximum absolute atomic E-state index is 12.8. The summed E-state index contributed by atoms with van der Waals surface area (Å²) in [5, 5.41) is 0.393. The molecule has 0 unspecified atom stereocenters. The van der Waals surface area contributed by atoms with Gasteiger partial charge in [0.2, 0.25) is 10.0 Å². The molecule has 0 radical (unpaired) electrons. The minimum absolute atomic E-state index is 0.0289. The van der Waals surface area contributed by atoms with Crippen LogP contribution in [-0.2, 0) is 21.3 Å². The zero-order valence-electron chi connectivity index (χ0n) is 14.3. The Labute approximate surface area is 162 Å². The Balaban J connectivity index is 2.35. The maximum Gasteiger partial charge on any atom is 0.337 e. The van der Waals surface area contributed by atoms with Crippen LogP contribution >= 0.6 is 23.2 Å². The quantitative estimate of drug-likeness (QED) is 0.671. The number of hydrogen-bond donors (Lipinski definition) is 0. The SMILES string of the molecule is COC(=O)c1ccc(S(=O)(=O)N(C)Cc2cc(Cl)ccc2OC)c(Cl)c1. The van der Waals surface area contributed by atoms with Gasteiger partial charge in [-0.05, 0) is 36.4 Å². The molecule has 0 aliphatic heterocycles. The van der Waals surface area contributed by atoms with Crippen LogP contribution in [0.5, 0.6) is 5.75 Å². The topological polar surface area (TPSA) is 72.9 Å². The number of hydrogen-bond acceptors (Lipinski definition) is 5. The number of ether oxygens (including phenoxy) is 2. The van der Waals surface area contributed by atoms with Crippen molar-refractivity contribution in [1.82, 2.24) is 4.31 Å². The fourth-order valence-corrected chi connectivity index (χ4v) is 4.18. The first-order valence-corrected chi connectivity index (χ1v) is 9.57. The summed E-state index contributed by atoms with van der Waals surface area (Å²) in [6, 6.07) is 8.83. The van der Waals surface area contributed by atoms with Gasteiger partial charge in [-0.15, -0.1) is 0 Å². The molecule has 0 aliphatic carbocycles. The Morgan fingerprint density at radius 3 is 2.38 bits per heavy atom. The van der Waals surface area contributed by atoms with Crippen LogP contribution in [0.2, 0.25) is 10.0 Å². The summed E-state index contributed by atoms with van der Waals surface area (Å²) in [6.07, 6.45) is 0. The van der Waals surface area contributed by atoms with Crippen LogP contribution in [0, 0.1) is 0 Å². The van der Waals surface area contributed by atoms with Crippen molar-refractivity contribution in [2.75, 3.05) is 21.3 Å². The zero-order valence-corrected chi connectivity index (χ0v) is 16.7. The number of methoxy groups -OCH3 is 2. The van der Waals surface area contributed by atoms with E-state index in [-0.39, 0.29) is 22.0 Å². The smallest absolute Gasteiger partial charge is 0.337 e. The molecule has 0 heterocycles. The van der Waals surface area contributed by atoms with E-state index in [1.54, 1.807) is 18.2 Å². The summed E-state index contributed by atoms with van der Waals surface area (Å²) in [4.78, 5) is 11.4. The van der Waals surface area contributed by atoms with Gasteiger partial charge in [0.05, 0.1) is 24.8 Å². The molecular formula is C17H17Cl2NO5S. The van der Waals surface area contributed by atoms with Gasteiger partial charge in [-0.25, -0.2) is 13.2 Å². The van der Waals surface area contributed by atoms with Crippen molar-refractivity contribution in [3.8, 4) is 5.75 Å². The Kier molecular flexibility index (Phi) is 6.52. The lowest BCUT2D eigenvalue weighted by Crippen LogP contribution is -2.27. The van der Waals surface area contributed by atoms with Crippen molar-refractivity contribution >= 4 is 39.2 Å². The van der Waals surface area contributed by atoms with Gasteiger partial charge in [-0.3, -0.25) is 0 Å². The summed E-state index contributed by atoms with van der Waals surface area (Å²) in [7, 11) is 0.232. The van der Waals surface area contributed by atoms with Crippen LogP contribution in [0.3, 0.4) is 0 Å². The summed E-state index contributed by atoms with van der Waals surface area (Å²) < 4.78 is 36.6. The molecule has 140 valence electrons. The Morgan fingerprint density at radius 1 is 1.12 bits per heavy atom. The molecule has 0 bridgehead atoms. The largest absolute Gasteiger partial charge is 0.496 e. The van der Waals surface area contributed by atoms with Crippen molar-refractivity contribution in [1.29, 1.82) is 0 Å². The molecule has 2 aromatic carbocycles. The number of halogens is 2. The Bertz CT molecular complexity index is 931. The first-order valence-electron chi connectivity index (χ1n) is 7.37. The average Bonchev–Trinajstić information content (AvgIpc) is 2.60. The Hall–Kier alpha value is -1.80. The number of rotatable bonds is 6. The van der Waals surface area contributed by atoms with E-state index in [9.17, 15) is 13.2 Å². The van der Waals surface area contributed by atoms with Crippen molar-refractivity contribution in [2.45, 2.75) is 11.4 Å². The van der Waals surface area contributed by atoms with Crippen LogP contribution in [0.15, 0.2) is 41.3 Å². The first kappa shape index (κ1) is 20.5. The van der Waals surface area contributed by atoms with E-state index in [1.165, 1.54) is 39.5 Å². The molecule has 0 saturated heterocycles. The van der Waals surface area contributed by atoms with Gasteiger partial charge in [0.15, 0.2) is 0 Å². The summed E-state index contributed by atoms with van der Waals surface area (Å²) in [5.41, 5.74) is 0.768. The molecule has 0 aromatic heterocycles. The van der Waals surface area contributed by atoms with Crippen molar-refractivity contribution in [3.05, 3.63) is 57.6 Å². The molecule has 26 heavy (non-hydrogen) atoms. The molecule has 0 N–H and O–H groups in total. The van der Waals surface area contributed by atoms with Crippen LogP contribution in [0.1, 0.15) is 15.9 Å². The van der Waals surface area contributed by atoms with E-state index in [2.05, 4.69) is 4.74 Å². The molecule has 2 aromatic rings. The highest BCUT2D eigenvalue weighted by Crippen LogP contribution is 2.29. The first-order chi connectivity index (χ1) is 12.2. The number of carbonyl (C=O) groups is 1. The van der Waals surface area contributed by atoms with Crippen molar-refractivity contribution in [3.63, 3.8) is 0 Å².